The summed E-state index contributed by atoms with van der Waals surface area (Å²) in [4.78, 5) is 4.57. The molecule has 1 heterocycles. The number of piperazine rings is 1. The van der Waals surface area contributed by atoms with Gasteiger partial charge in [-0.25, -0.2) is 0 Å². The van der Waals surface area contributed by atoms with Crippen LogP contribution in [0.2, 0.25) is 0 Å². The summed E-state index contributed by atoms with van der Waals surface area (Å²) in [6.07, 6.45) is 3.13. The van der Waals surface area contributed by atoms with Crippen molar-refractivity contribution in [3.63, 3.8) is 0 Å². The molecule has 24 heavy (non-hydrogen) atoms. The summed E-state index contributed by atoms with van der Waals surface area (Å²) in [7, 11) is 0. The zero-order valence-electron chi connectivity index (χ0n) is 13.7. The topological polar surface area (TPSA) is 6.48 Å². The summed E-state index contributed by atoms with van der Waals surface area (Å²) in [6, 6.07) is 5.70. The van der Waals surface area contributed by atoms with Gasteiger partial charge in [0.25, 0.3) is 0 Å². The quantitative estimate of drug-likeness (QED) is 0.769. The number of alkyl halides is 3. The van der Waals surface area contributed by atoms with Crippen molar-refractivity contribution in [3.05, 3.63) is 42.0 Å². The molecule has 2 bridgehead atoms. The molecule has 2 fully saturated rings. The van der Waals surface area contributed by atoms with Gasteiger partial charge in [0.15, 0.2) is 0 Å². The fourth-order valence-electron chi connectivity index (χ4n) is 4.50. The predicted octanol–water partition coefficient (Wildman–Crippen LogP) is 4.04. The lowest BCUT2D eigenvalue weighted by Crippen LogP contribution is -2.48. The van der Waals surface area contributed by atoms with Crippen LogP contribution in [-0.4, -0.2) is 37.6 Å². The van der Waals surface area contributed by atoms with Crippen LogP contribution in [0.1, 0.15) is 18.4 Å². The van der Waals surface area contributed by atoms with Gasteiger partial charge in [-0.1, -0.05) is 18.2 Å². The smallest absolute Gasteiger partial charge is 0.369 e. The standard InChI is InChI=1S/C19H23F3N2/c20-19(21,22)17-2-1-3-18(12-17)24-8-6-23(7-9-24)13-16-11-14-4-5-15(16)10-14/h1-5,12,14-16H,6-11,13H2/t14-,15-,16-/m0/s1. The van der Waals surface area contributed by atoms with Crippen molar-refractivity contribution < 1.29 is 13.2 Å². The first-order valence-corrected chi connectivity index (χ1v) is 8.82. The lowest BCUT2D eigenvalue weighted by molar-refractivity contribution is -0.137. The van der Waals surface area contributed by atoms with Crippen LogP contribution in [0.3, 0.4) is 0 Å². The summed E-state index contributed by atoms with van der Waals surface area (Å²) < 4.78 is 38.6. The maximum absolute atomic E-state index is 12.9. The largest absolute Gasteiger partial charge is 0.416 e. The molecule has 1 saturated heterocycles. The van der Waals surface area contributed by atoms with Gasteiger partial charge in [0.1, 0.15) is 0 Å². The minimum absolute atomic E-state index is 0.559. The minimum Gasteiger partial charge on any atom is -0.369 e. The number of fused-ring (bicyclic) bond motifs is 2. The molecule has 2 aliphatic carbocycles. The highest BCUT2D eigenvalue weighted by molar-refractivity contribution is 5.49. The molecule has 0 unspecified atom stereocenters. The SMILES string of the molecule is FC(F)(F)c1cccc(N2CCN(C[C@@H]3C[C@H]4C=C[C@H]3C4)CC2)c1. The number of allylic oxidation sites excluding steroid dienone is 2. The van der Waals surface area contributed by atoms with Gasteiger partial charge in [-0.15, -0.1) is 0 Å². The third kappa shape index (κ3) is 3.18. The third-order valence-electron chi connectivity index (χ3n) is 5.82. The Morgan fingerprint density at radius 3 is 2.42 bits per heavy atom. The number of benzene rings is 1. The summed E-state index contributed by atoms with van der Waals surface area (Å²) in [5, 5.41) is 0. The maximum Gasteiger partial charge on any atom is 0.416 e. The van der Waals surface area contributed by atoms with Gasteiger partial charge in [0.2, 0.25) is 0 Å². The molecule has 3 atom stereocenters. The number of halogens is 3. The van der Waals surface area contributed by atoms with E-state index in [0.29, 0.717) is 5.69 Å². The zero-order valence-corrected chi connectivity index (χ0v) is 13.7. The zero-order chi connectivity index (χ0) is 16.7. The molecule has 0 N–H and O–H groups in total. The number of nitrogens with zero attached hydrogens (tertiary/aromatic N) is 2. The molecule has 2 nitrogen and oxygen atoms in total. The highest BCUT2D eigenvalue weighted by Gasteiger charge is 2.37. The minimum atomic E-state index is -4.27. The molecule has 1 aromatic rings. The third-order valence-corrected chi connectivity index (χ3v) is 5.82. The van der Waals surface area contributed by atoms with E-state index in [-0.39, 0.29) is 0 Å². The van der Waals surface area contributed by atoms with Crippen molar-refractivity contribution in [2.45, 2.75) is 19.0 Å². The lowest BCUT2D eigenvalue weighted by atomic mass is 9.93. The average molecular weight is 336 g/mol. The van der Waals surface area contributed by atoms with E-state index in [0.717, 1.165) is 56.5 Å². The van der Waals surface area contributed by atoms with Gasteiger partial charge in [-0.3, -0.25) is 4.90 Å². The molecular weight excluding hydrogens is 313 g/mol. The van der Waals surface area contributed by atoms with Gasteiger partial charge < -0.3 is 4.90 Å². The molecule has 1 aliphatic heterocycles. The first kappa shape index (κ1) is 16.0. The van der Waals surface area contributed by atoms with Crippen molar-refractivity contribution >= 4 is 5.69 Å². The summed E-state index contributed by atoms with van der Waals surface area (Å²) >= 11 is 0. The number of anilines is 1. The lowest BCUT2D eigenvalue weighted by Gasteiger charge is -2.38. The van der Waals surface area contributed by atoms with Crippen molar-refractivity contribution in [3.8, 4) is 0 Å². The summed E-state index contributed by atoms with van der Waals surface area (Å²) in [5.74, 6) is 2.34. The molecule has 130 valence electrons. The van der Waals surface area contributed by atoms with Gasteiger partial charge in [0, 0.05) is 38.4 Å². The monoisotopic (exact) mass is 336 g/mol. The van der Waals surface area contributed by atoms with Crippen LogP contribution in [0.15, 0.2) is 36.4 Å². The van der Waals surface area contributed by atoms with Crippen LogP contribution >= 0.6 is 0 Å². The average Bonchev–Trinajstić information content (AvgIpc) is 3.18. The molecule has 1 aromatic carbocycles. The van der Waals surface area contributed by atoms with Gasteiger partial charge >= 0.3 is 6.18 Å². The van der Waals surface area contributed by atoms with E-state index in [1.807, 2.05) is 0 Å². The first-order valence-electron chi connectivity index (χ1n) is 8.82. The highest BCUT2D eigenvalue weighted by Crippen LogP contribution is 2.43. The Hall–Kier alpha value is -1.49. The molecule has 0 amide bonds. The Morgan fingerprint density at radius 1 is 1.00 bits per heavy atom. The van der Waals surface area contributed by atoms with Gasteiger partial charge in [-0.05, 0) is 48.8 Å². The molecule has 4 rings (SSSR count). The number of hydrogen-bond donors (Lipinski definition) is 0. The van der Waals surface area contributed by atoms with Crippen LogP contribution in [-0.2, 0) is 6.18 Å². The fraction of sp³-hybridized carbons (Fsp3) is 0.579. The Kier molecular flexibility index (Phi) is 4.07. The van der Waals surface area contributed by atoms with Crippen LogP contribution in [0.5, 0.6) is 0 Å². The predicted molar refractivity (Wildman–Crippen MR) is 88.9 cm³/mol. The summed E-state index contributed by atoms with van der Waals surface area (Å²) in [5.41, 5.74) is 0.128. The molecule has 5 heteroatoms. The van der Waals surface area contributed by atoms with E-state index in [1.54, 1.807) is 6.07 Å². The second kappa shape index (κ2) is 6.10. The second-order valence-electron chi connectivity index (χ2n) is 7.38. The molecule has 3 aliphatic rings. The van der Waals surface area contributed by atoms with Crippen molar-refractivity contribution in [2.24, 2.45) is 17.8 Å². The van der Waals surface area contributed by atoms with Gasteiger partial charge in [0.05, 0.1) is 5.56 Å². The van der Waals surface area contributed by atoms with Crippen LogP contribution in [0.25, 0.3) is 0 Å². The van der Waals surface area contributed by atoms with E-state index in [4.69, 9.17) is 0 Å². The Balaban J connectivity index is 1.34. The molecule has 0 radical (unpaired) electrons. The van der Waals surface area contributed by atoms with E-state index in [1.165, 1.54) is 25.0 Å². The fourth-order valence-corrected chi connectivity index (χ4v) is 4.50. The Bertz CT molecular complexity index is 617. The number of rotatable bonds is 3. The van der Waals surface area contributed by atoms with Crippen LogP contribution in [0.4, 0.5) is 18.9 Å². The Labute approximate surface area is 140 Å². The second-order valence-corrected chi connectivity index (χ2v) is 7.38. The van der Waals surface area contributed by atoms with Gasteiger partial charge in [-0.2, -0.15) is 13.2 Å². The molecule has 1 saturated carbocycles. The molecule has 0 aromatic heterocycles. The van der Waals surface area contributed by atoms with Crippen molar-refractivity contribution in [1.29, 1.82) is 0 Å². The number of hydrogen-bond acceptors (Lipinski definition) is 2. The van der Waals surface area contributed by atoms with Crippen molar-refractivity contribution in [1.82, 2.24) is 4.90 Å². The highest BCUT2D eigenvalue weighted by atomic mass is 19.4. The van der Waals surface area contributed by atoms with E-state index in [2.05, 4.69) is 22.0 Å². The van der Waals surface area contributed by atoms with Crippen molar-refractivity contribution in [2.75, 3.05) is 37.6 Å². The summed E-state index contributed by atoms with van der Waals surface area (Å²) in [6.45, 7) is 4.62. The normalized spacial score (nSPS) is 30.3. The van der Waals surface area contributed by atoms with Crippen LogP contribution < -0.4 is 4.90 Å². The molecule has 0 spiro atoms. The van der Waals surface area contributed by atoms with E-state index >= 15 is 0 Å². The van der Waals surface area contributed by atoms with E-state index < -0.39 is 11.7 Å². The van der Waals surface area contributed by atoms with Crippen LogP contribution in [0, 0.1) is 17.8 Å². The van der Waals surface area contributed by atoms with E-state index in [9.17, 15) is 13.2 Å². The maximum atomic E-state index is 12.9. The molecular formula is C19H23F3N2. The Morgan fingerprint density at radius 2 is 1.79 bits per heavy atom. The first-order chi connectivity index (χ1) is 11.5.